The van der Waals surface area contributed by atoms with Gasteiger partial charge >= 0.3 is 0 Å². The van der Waals surface area contributed by atoms with Crippen LogP contribution in [0.2, 0.25) is 0 Å². The summed E-state index contributed by atoms with van der Waals surface area (Å²) in [4.78, 5) is 13.8. The van der Waals surface area contributed by atoms with Crippen LogP contribution in [0.5, 0.6) is 0 Å². The quantitative estimate of drug-likeness (QED) is 0.801. The van der Waals surface area contributed by atoms with E-state index in [1.54, 1.807) is 12.1 Å². The average Bonchev–Trinajstić information content (AvgIpc) is 3.22. The Bertz CT molecular complexity index is 1040. The van der Waals surface area contributed by atoms with E-state index in [9.17, 15) is 13.2 Å². The highest BCUT2D eigenvalue weighted by molar-refractivity contribution is 7.93. The summed E-state index contributed by atoms with van der Waals surface area (Å²) in [5, 5.41) is 3.14. The van der Waals surface area contributed by atoms with E-state index < -0.39 is 14.6 Å². The molecular weight excluding hydrogens is 382 g/mol. The van der Waals surface area contributed by atoms with E-state index in [1.165, 1.54) is 5.56 Å². The summed E-state index contributed by atoms with van der Waals surface area (Å²) in [5.74, 6) is -0.324. The van der Waals surface area contributed by atoms with Crippen LogP contribution in [0.1, 0.15) is 66.8 Å². The van der Waals surface area contributed by atoms with Crippen molar-refractivity contribution in [2.24, 2.45) is 0 Å². The molecule has 2 aliphatic rings. The van der Waals surface area contributed by atoms with Crippen LogP contribution in [-0.2, 0) is 21.1 Å². The van der Waals surface area contributed by atoms with Gasteiger partial charge in [0.2, 0.25) is 5.91 Å². The number of carbonyl (C=O) groups is 1. The maximum absolute atomic E-state index is 13.7. The number of nitrogens with one attached hydrogen (secondary N) is 1. The number of aryl methyl sites for hydroxylation is 3. The van der Waals surface area contributed by atoms with Crippen molar-refractivity contribution in [1.82, 2.24) is 5.32 Å². The topological polar surface area (TPSA) is 63.2 Å². The van der Waals surface area contributed by atoms with Gasteiger partial charge in [0.25, 0.3) is 0 Å². The van der Waals surface area contributed by atoms with E-state index >= 15 is 0 Å². The smallest absolute Gasteiger partial charge is 0.242 e. The lowest BCUT2D eigenvalue weighted by Crippen LogP contribution is -2.51. The van der Waals surface area contributed by atoms with Crippen LogP contribution in [0.4, 0.5) is 0 Å². The first-order valence-corrected chi connectivity index (χ1v) is 12.0. The molecule has 154 valence electrons. The van der Waals surface area contributed by atoms with Crippen LogP contribution >= 0.6 is 0 Å². The summed E-state index contributed by atoms with van der Waals surface area (Å²) in [6.45, 7) is 3.87. The highest BCUT2D eigenvalue weighted by Crippen LogP contribution is 2.42. The summed E-state index contributed by atoms with van der Waals surface area (Å²) in [7, 11) is -3.78. The van der Waals surface area contributed by atoms with E-state index in [0.717, 1.165) is 48.8 Å². The summed E-state index contributed by atoms with van der Waals surface area (Å²) in [6.07, 6.45) is 5.17. The highest BCUT2D eigenvalue weighted by Gasteiger charge is 2.53. The van der Waals surface area contributed by atoms with Gasteiger partial charge in [-0.1, -0.05) is 43.2 Å². The molecule has 1 saturated carbocycles. The van der Waals surface area contributed by atoms with Gasteiger partial charge in [-0.2, -0.15) is 0 Å². The van der Waals surface area contributed by atoms with Gasteiger partial charge in [-0.15, -0.1) is 0 Å². The Kier molecular flexibility index (Phi) is 5.28. The minimum absolute atomic E-state index is 0.111. The standard InChI is InChI=1S/C24H29NO3S/c1-17-12-13-20(16-18(17)2)29(27,28)24(14-5-6-15-24)23(26)25-22-11-7-9-19-8-3-4-10-21(19)22/h3-4,8,10,12-13,16,22H,5-7,9,11,14-15H2,1-2H3,(H,25,26). The molecule has 2 aliphatic carbocycles. The molecule has 1 amide bonds. The molecule has 2 aromatic carbocycles. The molecule has 0 bridgehead atoms. The Hall–Kier alpha value is -2.14. The summed E-state index contributed by atoms with van der Waals surface area (Å²) >= 11 is 0. The van der Waals surface area contributed by atoms with E-state index in [-0.39, 0.29) is 16.8 Å². The van der Waals surface area contributed by atoms with Crippen molar-refractivity contribution < 1.29 is 13.2 Å². The Morgan fingerprint density at radius 2 is 1.72 bits per heavy atom. The minimum Gasteiger partial charge on any atom is -0.348 e. The third-order valence-electron chi connectivity index (χ3n) is 6.80. The Morgan fingerprint density at radius 1 is 1.00 bits per heavy atom. The second kappa shape index (κ2) is 7.60. The molecule has 29 heavy (non-hydrogen) atoms. The van der Waals surface area contributed by atoms with E-state index in [1.807, 2.05) is 32.0 Å². The number of amides is 1. The average molecular weight is 412 g/mol. The van der Waals surface area contributed by atoms with Crippen LogP contribution in [0.25, 0.3) is 0 Å². The second-order valence-electron chi connectivity index (χ2n) is 8.57. The van der Waals surface area contributed by atoms with Crippen LogP contribution in [-0.4, -0.2) is 19.1 Å². The van der Waals surface area contributed by atoms with Crippen LogP contribution in [0, 0.1) is 13.8 Å². The van der Waals surface area contributed by atoms with Gasteiger partial charge in [0.05, 0.1) is 10.9 Å². The molecule has 0 spiro atoms. The van der Waals surface area contributed by atoms with Gasteiger partial charge < -0.3 is 5.32 Å². The lowest BCUT2D eigenvalue weighted by molar-refractivity contribution is -0.124. The second-order valence-corrected chi connectivity index (χ2v) is 10.8. The monoisotopic (exact) mass is 411 g/mol. The lowest BCUT2D eigenvalue weighted by Gasteiger charge is -2.32. The number of sulfone groups is 1. The Morgan fingerprint density at radius 3 is 2.45 bits per heavy atom. The summed E-state index contributed by atoms with van der Waals surface area (Å²) < 4.78 is 26.0. The zero-order valence-corrected chi connectivity index (χ0v) is 18.0. The van der Waals surface area contributed by atoms with Crippen molar-refractivity contribution in [3.8, 4) is 0 Å². The van der Waals surface area contributed by atoms with Gasteiger partial charge in [0, 0.05) is 0 Å². The van der Waals surface area contributed by atoms with Crippen molar-refractivity contribution in [3.05, 3.63) is 64.7 Å². The molecule has 1 atom stereocenters. The minimum atomic E-state index is -3.78. The first kappa shape index (κ1) is 20.1. The maximum Gasteiger partial charge on any atom is 0.242 e. The van der Waals surface area contributed by atoms with Gasteiger partial charge in [0.1, 0.15) is 0 Å². The van der Waals surface area contributed by atoms with Crippen LogP contribution < -0.4 is 5.32 Å². The molecule has 0 aliphatic heterocycles. The Balaban J connectivity index is 1.68. The normalized spacial score (nSPS) is 20.8. The molecule has 4 rings (SSSR count). The van der Waals surface area contributed by atoms with Gasteiger partial charge in [0.15, 0.2) is 14.6 Å². The third kappa shape index (κ3) is 3.39. The van der Waals surface area contributed by atoms with Crippen LogP contribution in [0.3, 0.4) is 0 Å². The van der Waals surface area contributed by atoms with E-state index in [0.29, 0.717) is 12.8 Å². The van der Waals surface area contributed by atoms with Crippen molar-refractivity contribution >= 4 is 15.7 Å². The molecule has 4 nitrogen and oxygen atoms in total. The third-order valence-corrected chi connectivity index (χ3v) is 9.30. The molecule has 1 unspecified atom stereocenters. The van der Waals surface area contributed by atoms with Gasteiger partial charge in [-0.25, -0.2) is 8.42 Å². The first-order chi connectivity index (χ1) is 13.8. The van der Waals surface area contributed by atoms with Gasteiger partial charge in [-0.05, 0) is 80.3 Å². The molecule has 0 saturated heterocycles. The number of rotatable bonds is 4. The highest BCUT2D eigenvalue weighted by atomic mass is 32.2. The molecule has 5 heteroatoms. The van der Waals surface area contributed by atoms with E-state index in [2.05, 4.69) is 17.4 Å². The molecular formula is C24H29NO3S. The predicted molar refractivity (Wildman–Crippen MR) is 115 cm³/mol. The number of fused-ring (bicyclic) bond motifs is 1. The predicted octanol–water partition coefficient (Wildman–Crippen LogP) is 4.58. The van der Waals surface area contributed by atoms with E-state index in [4.69, 9.17) is 0 Å². The fourth-order valence-corrected chi connectivity index (χ4v) is 7.02. The maximum atomic E-state index is 13.7. The fourth-order valence-electron chi connectivity index (χ4n) is 4.86. The van der Waals surface area contributed by atoms with Crippen molar-refractivity contribution in [3.63, 3.8) is 0 Å². The van der Waals surface area contributed by atoms with Gasteiger partial charge in [-0.3, -0.25) is 4.79 Å². The number of carbonyl (C=O) groups excluding carboxylic acids is 1. The van der Waals surface area contributed by atoms with Crippen LogP contribution in [0.15, 0.2) is 47.4 Å². The van der Waals surface area contributed by atoms with Crippen molar-refractivity contribution in [2.75, 3.05) is 0 Å². The zero-order valence-electron chi connectivity index (χ0n) is 17.2. The molecule has 0 heterocycles. The SMILES string of the molecule is Cc1ccc(S(=O)(=O)C2(C(=O)NC3CCCc4ccccc43)CCCC2)cc1C. The number of benzene rings is 2. The molecule has 2 aromatic rings. The zero-order chi connectivity index (χ0) is 20.6. The molecule has 0 aromatic heterocycles. The largest absolute Gasteiger partial charge is 0.348 e. The fraction of sp³-hybridized carbons (Fsp3) is 0.458. The molecule has 0 radical (unpaired) electrons. The first-order valence-electron chi connectivity index (χ1n) is 10.6. The summed E-state index contributed by atoms with van der Waals surface area (Å²) in [5.41, 5.74) is 4.36. The van der Waals surface area contributed by atoms with Crippen molar-refractivity contribution in [2.45, 2.75) is 74.5 Å². The summed E-state index contributed by atoms with van der Waals surface area (Å²) in [6, 6.07) is 13.3. The number of hydrogen-bond acceptors (Lipinski definition) is 3. The lowest BCUT2D eigenvalue weighted by atomic mass is 9.87. The van der Waals surface area contributed by atoms with Crippen molar-refractivity contribution in [1.29, 1.82) is 0 Å². The molecule has 1 N–H and O–H groups in total. The number of hydrogen-bond donors (Lipinski definition) is 1. The Labute approximate surface area is 173 Å². The molecule has 1 fully saturated rings.